The number of rotatable bonds is 7. The molecule has 3 aromatic rings. The number of carbonyl (C=O) groups excluding carboxylic acids is 1. The molecule has 0 amide bonds. The lowest BCUT2D eigenvalue weighted by Crippen LogP contribution is -2.21. The van der Waals surface area contributed by atoms with Crippen LogP contribution < -0.4 is 4.74 Å². The van der Waals surface area contributed by atoms with E-state index < -0.39 is 5.92 Å². The Labute approximate surface area is 161 Å². The number of carbonyl (C=O) groups is 1. The summed E-state index contributed by atoms with van der Waals surface area (Å²) >= 11 is 1.27. The third-order valence-electron chi connectivity index (χ3n) is 4.09. The van der Waals surface area contributed by atoms with Crippen LogP contribution in [0.2, 0.25) is 0 Å². The van der Waals surface area contributed by atoms with Crippen molar-refractivity contribution in [3.63, 3.8) is 0 Å². The summed E-state index contributed by atoms with van der Waals surface area (Å²) in [5.74, 6) is -0.459. The number of fused-ring (bicyclic) bond motifs is 1. The van der Waals surface area contributed by atoms with E-state index >= 15 is 0 Å². The summed E-state index contributed by atoms with van der Waals surface area (Å²) in [6, 6.07) is 17.2. The molecule has 0 spiro atoms. The molecule has 0 fully saturated rings. The van der Waals surface area contributed by atoms with Crippen molar-refractivity contribution in [2.24, 2.45) is 5.92 Å². The molecule has 2 aromatic carbocycles. The number of nitrogens with zero attached hydrogens (tertiary/aromatic N) is 3. The minimum Gasteiger partial charge on any atom is -0.497 e. The van der Waals surface area contributed by atoms with Gasteiger partial charge in [-0.2, -0.15) is 5.26 Å². The molecular formula is C20H18N4O2S. The van der Waals surface area contributed by atoms with Crippen LogP contribution in [0.5, 0.6) is 5.75 Å². The van der Waals surface area contributed by atoms with Crippen LogP contribution >= 0.6 is 11.8 Å². The van der Waals surface area contributed by atoms with Crippen molar-refractivity contribution in [2.75, 3.05) is 12.9 Å². The number of ether oxygens (including phenoxy) is 1. The van der Waals surface area contributed by atoms with Gasteiger partial charge in [0, 0.05) is 11.4 Å². The van der Waals surface area contributed by atoms with E-state index in [0.717, 1.165) is 22.5 Å². The first-order chi connectivity index (χ1) is 13.0. The lowest BCUT2D eigenvalue weighted by Gasteiger charge is -2.10. The molecule has 0 aliphatic carbocycles. The van der Waals surface area contributed by atoms with Crippen LogP contribution in [0.3, 0.4) is 0 Å². The van der Waals surface area contributed by atoms with E-state index in [1.165, 1.54) is 18.7 Å². The molecule has 1 atom stereocenters. The van der Waals surface area contributed by atoms with Crippen molar-refractivity contribution >= 4 is 34.3 Å². The van der Waals surface area contributed by atoms with Crippen molar-refractivity contribution in [3.05, 3.63) is 48.5 Å². The largest absolute Gasteiger partial charge is 0.497 e. The second kappa shape index (κ2) is 8.06. The highest BCUT2D eigenvalue weighted by Gasteiger charge is 2.22. The van der Waals surface area contributed by atoms with Crippen molar-refractivity contribution < 1.29 is 9.53 Å². The molecule has 0 bridgehead atoms. The Balaban J connectivity index is 1.96. The average molecular weight is 378 g/mol. The number of methoxy groups -OCH3 is 1. The minimum absolute atomic E-state index is 0.0618. The Hall–Kier alpha value is -3.11. The molecule has 1 heterocycles. The molecule has 1 aromatic heterocycles. The fourth-order valence-electron chi connectivity index (χ4n) is 2.71. The van der Waals surface area contributed by atoms with E-state index in [9.17, 15) is 4.79 Å². The number of aromatic nitrogens is 2. The fourth-order valence-corrected chi connectivity index (χ4v) is 3.64. The smallest absolute Gasteiger partial charge is 0.174 e. The van der Waals surface area contributed by atoms with Gasteiger partial charge in [0.1, 0.15) is 11.7 Å². The van der Waals surface area contributed by atoms with E-state index in [1.807, 2.05) is 59.2 Å². The summed E-state index contributed by atoms with van der Waals surface area (Å²) in [5, 5.41) is 17.4. The number of imidazole rings is 1. The third-order valence-corrected chi connectivity index (χ3v) is 5.05. The maximum atomic E-state index is 12.3. The molecule has 136 valence electrons. The van der Waals surface area contributed by atoms with Crippen LogP contribution in [0, 0.1) is 22.7 Å². The lowest BCUT2D eigenvalue weighted by atomic mass is 10.0. The van der Waals surface area contributed by atoms with Gasteiger partial charge < -0.3 is 10.1 Å². The number of nitriles is 1. The predicted octanol–water partition coefficient (Wildman–Crippen LogP) is 3.87. The summed E-state index contributed by atoms with van der Waals surface area (Å²) in [4.78, 5) is 16.9. The van der Waals surface area contributed by atoms with Crippen LogP contribution in [0.15, 0.2) is 53.7 Å². The quantitative estimate of drug-likeness (QED) is 0.498. The Morgan fingerprint density at radius 2 is 2.00 bits per heavy atom. The number of Topliss-reactive ketones (excluding diaryl/α,β-unsaturated/α-hetero) is 1. The van der Waals surface area contributed by atoms with Crippen LogP contribution in [0.25, 0.3) is 16.7 Å². The van der Waals surface area contributed by atoms with Gasteiger partial charge in [0.2, 0.25) is 0 Å². The minimum atomic E-state index is -1.00. The number of para-hydroxylation sites is 2. The number of ketones is 1. The Kier molecular flexibility index (Phi) is 5.57. The van der Waals surface area contributed by atoms with Gasteiger partial charge in [0.25, 0.3) is 0 Å². The van der Waals surface area contributed by atoms with Crippen molar-refractivity contribution in [3.8, 4) is 17.5 Å². The number of hydrogen-bond acceptors (Lipinski definition) is 6. The summed E-state index contributed by atoms with van der Waals surface area (Å²) in [6.07, 6.45) is 0. The van der Waals surface area contributed by atoms with Gasteiger partial charge in [-0.1, -0.05) is 23.9 Å². The Morgan fingerprint density at radius 1 is 1.30 bits per heavy atom. The zero-order valence-electron chi connectivity index (χ0n) is 15.0. The number of hydrogen-bond donors (Lipinski definition) is 1. The second-order valence-corrected chi connectivity index (χ2v) is 6.86. The highest BCUT2D eigenvalue weighted by Crippen LogP contribution is 2.29. The number of thioether (sulfide) groups is 1. The van der Waals surface area contributed by atoms with Gasteiger partial charge in [-0.3, -0.25) is 9.36 Å². The summed E-state index contributed by atoms with van der Waals surface area (Å²) in [5.41, 5.74) is 2.72. The molecule has 1 N–H and O–H groups in total. The summed E-state index contributed by atoms with van der Waals surface area (Å²) in [6.45, 7) is 1.48. The monoisotopic (exact) mass is 378 g/mol. The average Bonchev–Trinajstić information content (AvgIpc) is 3.05. The molecule has 0 saturated heterocycles. The number of nitrogens with one attached hydrogen (secondary N) is 1. The summed E-state index contributed by atoms with van der Waals surface area (Å²) < 4.78 is 7.20. The number of benzene rings is 2. The third kappa shape index (κ3) is 3.86. The van der Waals surface area contributed by atoms with Gasteiger partial charge in [0.15, 0.2) is 10.9 Å². The molecule has 27 heavy (non-hydrogen) atoms. The topological polar surface area (TPSA) is 91.8 Å². The van der Waals surface area contributed by atoms with E-state index in [4.69, 9.17) is 15.4 Å². The first-order valence-corrected chi connectivity index (χ1v) is 9.25. The highest BCUT2D eigenvalue weighted by molar-refractivity contribution is 7.99. The van der Waals surface area contributed by atoms with E-state index in [0.29, 0.717) is 5.16 Å². The molecule has 0 aliphatic heterocycles. The second-order valence-electron chi connectivity index (χ2n) is 5.92. The molecule has 0 aliphatic rings. The Bertz CT molecular complexity index is 1030. The lowest BCUT2D eigenvalue weighted by molar-refractivity contribution is -0.117. The molecule has 3 rings (SSSR count). The van der Waals surface area contributed by atoms with Crippen molar-refractivity contribution in [1.29, 1.82) is 10.7 Å². The molecule has 0 saturated carbocycles. The van der Waals surface area contributed by atoms with Crippen molar-refractivity contribution in [2.45, 2.75) is 12.1 Å². The van der Waals surface area contributed by atoms with Crippen LogP contribution in [0.1, 0.15) is 6.92 Å². The van der Waals surface area contributed by atoms with Gasteiger partial charge in [-0.25, -0.2) is 4.98 Å². The van der Waals surface area contributed by atoms with Crippen LogP contribution in [-0.2, 0) is 4.79 Å². The Morgan fingerprint density at radius 3 is 2.63 bits per heavy atom. The van der Waals surface area contributed by atoms with Crippen LogP contribution in [0.4, 0.5) is 0 Å². The fraction of sp³-hybridized carbons (Fsp3) is 0.200. The van der Waals surface area contributed by atoms with E-state index in [-0.39, 0.29) is 17.2 Å². The summed E-state index contributed by atoms with van der Waals surface area (Å²) in [7, 11) is 1.62. The van der Waals surface area contributed by atoms with Gasteiger partial charge in [-0.15, -0.1) is 0 Å². The first kappa shape index (κ1) is 18.7. The zero-order chi connectivity index (χ0) is 19.4. The maximum Gasteiger partial charge on any atom is 0.174 e. The molecule has 6 nitrogen and oxygen atoms in total. The standard InChI is InChI=1S/C20H18N4O2S/c1-13(22)16(11-21)19(25)12-27-20-23-17-5-3-4-6-18(17)24(20)14-7-9-15(26-2)10-8-14/h3-10,16,22H,12H2,1-2H3. The maximum absolute atomic E-state index is 12.3. The predicted molar refractivity (Wildman–Crippen MR) is 106 cm³/mol. The zero-order valence-corrected chi connectivity index (χ0v) is 15.8. The molecule has 1 unspecified atom stereocenters. The van der Waals surface area contributed by atoms with Gasteiger partial charge >= 0.3 is 0 Å². The SMILES string of the molecule is COc1ccc(-n2c(SCC(=O)C(C#N)C(C)=N)nc3ccccc32)cc1. The molecular weight excluding hydrogens is 360 g/mol. The molecule has 7 heteroatoms. The van der Waals surface area contributed by atoms with E-state index in [1.54, 1.807) is 7.11 Å². The van der Waals surface area contributed by atoms with E-state index in [2.05, 4.69) is 4.98 Å². The molecule has 0 radical (unpaired) electrons. The van der Waals surface area contributed by atoms with Crippen LogP contribution in [-0.4, -0.2) is 33.9 Å². The first-order valence-electron chi connectivity index (χ1n) is 8.27. The normalized spacial score (nSPS) is 11.7. The van der Waals surface area contributed by atoms with Crippen molar-refractivity contribution in [1.82, 2.24) is 9.55 Å². The highest BCUT2D eigenvalue weighted by atomic mass is 32.2. The van der Waals surface area contributed by atoms with Gasteiger partial charge in [0.05, 0.1) is 30.0 Å². The van der Waals surface area contributed by atoms with Gasteiger partial charge in [-0.05, 0) is 43.3 Å².